The summed E-state index contributed by atoms with van der Waals surface area (Å²) in [6.07, 6.45) is 2.51. The smallest absolute Gasteiger partial charge is 0.338 e. The second-order valence-corrected chi connectivity index (χ2v) is 5.91. The van der Waals surface area contributed by atoms with Gasteiger partial charge in [0.15, 0.2) is 5.60 Å². The Morgan fingerprint density at radius 3 is 2.77 bits per heavy atom. The number of rotatable bonds is 3. The van der Waals surface area contributed by atoms with Crippen molar-refractivity contribution in [2.75, 3.05) is 0 Å². The van der Waals surface area contributed by atoms with Gasteiger partial charge in [-0.2, -0.15) is 0 Å². The van der Waals surface area contributed by atoms with Crippen LogP contribution in [-0.4, -0.2) is 16.7 Å². The Hall–Kier alpha value is -2.14. The fraction of sp³-hybridized carbons (Fsp3) is 0.412. The lowest BCUT2D eigenvalue weighted by molar-refractivity contribution is -0.166. The van der Waals surface area contributed by atoms with Crippen LogP contribution in [0.2, 0.25) is 0 Å². The highest BCUT2D eigenvalue weighted by Crippen LogP contribution is 2.31. The van der Waals surface area contributed by atoms with Crippen molar-refractivity contribution in [3.8, 4) is 0 Å². The van der Waals surface area contributed by atoms with Crippen LogP contribution < -0.4 is 5.63 Å². The molecule has 0 unspecified atom stereocenters. The molecule has 3 rings (SSSR count). The van der Waals surface area contributed by atoms with Gasteiger partial charge in [0.2, 0.25) is 0 Å². The van der Waals surface area contributed by atoms with Gasteiger partial charge in [0.1, 0.15) is 12.2 Å². The molecule has 116 valence electrons. The van der Waals surface area contributed by atoms with Crippen molar-refractivity contribution >= 4 is 16.9 Å². The number of hydrogen-bond acceptors (Lipinski definition) is 5. The summed E-state index contributed by atoms with van der Waals surface area (Å²) in [7, 11) is 0. The van der Waals surface area contributed by atoms with E-state index >= 15 is 0 Å². The number of ether oxygens (including phenoxy) is 1. The summed E-state index contributed by atoms with van der Waals surface area (Å²) >= 11 is 0. The average Bonchev–Trinajstić information content (AvgIpc) is 2.92. The number of esters is 1. The Bertz CT molecular complexity index is 768. The van der Waals surface area contributed by atoms with Crippen LogP contribution in [0.1, 0.15) is 36.8 Å². The van der Waals surface area contributed by atoms with Gasteiger partial charge in [0.25, 0.3) is 0 Å². The summed E-state index contributed by atoms with van der Waals surface area (Å²) in [5.74, 6) is -0.612. The lowest BCUT2D eigenvalue weighted by atomic mass is 10.0. The predicted octanol–water partition coefficient (Wildman–Crippen LogP) is 2.45. The molecule has 0 bridgehead atoms. The highest BCUT2D eigenvalue weighted by molar-refractivity contribution is 5.82. The molecule has 1 aliphatic carbocycles. The first-order chi connectivity index (χ1) is 10.5. The molecule has 0 radical (unpaired) electrons. The number of carbonyl (C=O) groups excluding carboxylic acids is 1. The second kappa shape index (κ2) is 5.57. The third kappa shape index (κ3) is 2.76. The van der Waals surface area contributed by atoms with Gasteiger partial charge in [0.05, 0.1) is 0 Å². The third-order valence-electron chi connectivity index (χ3n) is 4.16. The van der Waals surface area contributed by atoms with Gasteiger partial charge in [0, 0.05) is 17.0 Å². The van der Waals surface area contributed by atoms with E-state index in [4.69, 9.17) is 9.15 Å². The first-order valence-corrected chi connectivity index (χ1v) is 7.41. The molecule has 0 amide bonds. The Labute approximate surface area is 127 Å². The van der Waals surface area contributed by atoms with Crippen molar-refractivity contribution < 1.29 is 19.1 Å². The molecular weight excluding hydrogens is 284 g/mol. The lowest BCUT2D eigenvalue weighted by Crippen LogP contribution is -2.36. The van der Waals surface area contributed by atoms with Crippen LogP contribution in [0.3, 0.4) is 0 Å². The Morgan fingerprint density at radius 2 is 2.05 bits per heavy atom. The molecule has 5 heteroatoms. The van der Waals surface area contributed by atoms with Gasteiger partial charge in [-0.05, 0) is 44.2 Å². The number of aryl methyl sites for hydroxylation is 1. The van der Waals surface area contributed by atoms with Gasteiger partial charge in [-0.1, -0.05) is 12.1 Å². The molecule has 1 aliphatic rings. The summed E-state index contributed by atoms with van der Waals surface area (Å²) in [6, 6.07) is 6.83. The zero-order valence-electron chi connectivity index (χ0n) is 12.4. The topological polar surface area (TPSA) is 76.7 Å². The normalized spacial score (nSPS) is 16.8. The Balaban J connectivity index is 1.85. The molecule has 0 atom stereocenters. The van der Waals surface area contributed by atoms with Crippen LogP contribution >= 0.6 is 0 Å². The Morgan fingerprint density at radius 1 is 1.32 bits per heavy atom. The minimum absolute atomic E-state index is 0.0493. The van der Waals surface area contributed by atoms with Crippen molar-refractivity contribution in [1.29, 1.82) is 0 Å². The van der Waals surface area contributed by atoms with Crippen molar-refractivity contribution in [1.82, 2.24) is 0 Å². The third-order valence-corrected chi connectivity index (χ3v) is 4.16. The van der Waals surface area contributed by atoms with Crippen molar-refractivity contribution in [3.05, 3.63) is 45.8 Å². The van der Waals surface area contributed by atoms with E-state index in [9.17, 15) is 14.7 Å². The quantitative estimate of drug-likeness (QED) is 0.696. The van der Waals surface area contributed by atoms with Gasteiger partial charge < -0.3 is 14.3 Å². The molecule has 2 aromatic rings. The van der Waals surface area contributed by atoms with Crippen LogP contribution in [0.15, 0.2) is 33.5 Å². The van der Waals surface area contributed by atoms with E-state index < -0.39 is 17.2 Å². The maximum atomic E-state index is 12.0. The number of aliphatic hydroxyl groups is 1. The van der Waals surface area contributed by atoms with E-state index in [2.05, 4.69) is 0 Å². The van der Waals surface area contributed by atoms with E-state index in [0.29, 0.717) is 24.0 Å². The van der Waals surface area contributed by atoms with Gasteiger partial charge in [-0.25, -0.2) is 9.59 Å². The fourth-order valence-corrected chi connectivity index (χ4v) is 2.90. The number of benzene rings is 1. The van der Waals surface area contributed by atoms with Gasteiger partial charge >= 0.3 is 11.6 Å². The number of carbonyl (C=O) groups is 1. The molecule has 1 saturated carbocycles. The summed E-state index contributed by atoms with van der Waals surface area (Å²) in [5, 5.41) is 10.9. The largest absolute Gasteiger partial charge is 0.459 e. The zero-order valence-corrected chi connectivity index (χ0v) is 12.4. The van der Waals surface area contributed by atoms with E-state index in [1.54, 1.807) is 6.07 Å². The van der Waals surface area contributed by atoms with Crippen LogP contribution in [0.4, 0.5) is 0 Å². The van der Waals surface area contributed by atoms with Gasteiger partial charge in [-0.3, -0.25) is 0 Å². The first-order valence-electron chi connectivity index (χ1n) is 7.41. The second-order valence-electron chi connectivity index (χ2n) is 5.91. The molecule has 1 heterocycles. The Kier molecular flexibility index (Phi) is 3.74. The standard InChI is InChI=1S/C17H18O5/c1-11-4-5-13-12(9-15(18)22-14(13)8-11)10-21-16(19)17(20)6-2-3-7-17/h4-5,8-9,20H,2-3,6-7,10H2,1H3. The molecule has 1 fully saturated rings. The fourth-order valence-electron chi connectivity index (χ4n) is 2.90. The number of fused-ring (bicyclic) bond motifs is 1. The maximum absolute atomic E-state index is 12.0. The minimum atomic E-state index is -1.37. The van der Waals surface area contributed by atoms with Crippen LogP contribution in [-0.2, 0) is 16.1 Å². The summed E-state index contributed by atoms with van der Waals surface area (Å²) in [6.45, 7) is 1.86. The summed E-state index contributed by atoms with van der Waals surface area (Å²) in [4.78, 5) is 23.7. The maximum Gasteiger partial charge on any atom is 0.338 e. The molecule has 0 saturated heterocycles. The zero-order chi connectivity index (χ0) is 15.7. The molecule has 22 heavy (non-hydrogen) atoms. The van der Waals surface area contributed by atoms with E-state index in [-0.39, 0.29) is 6.61 Å². The van der Waals surface area contributed by atoms with Crippen LogP contribution in [0.5, 0.6) is 0 Å². The van der Waals surface area contributed by atoms with E-state index in [1.165, 1.54) is 6.07 Å². The van der Waals surface area contributed by atoms with E-state index in [1.807, 2.05) is 19.1 Å². The van der Waals surface area contributed by atoms with Gasteiger partial charge in [-0.15, -0.1) is 0 Å². The van der Waals surface area contributed by atoms with Crippen molar-refractivity contribution in [3.63, 3.8) is 0 Å². The van der Waals surface area contributed by atoms with Crippen LogP contribution in [0, 0.1) is 6.92 Å². The average molecular weight is 302 g/mol. The monoisotopic (exact) mass is 302 g/mol. The van der Waals surface area contributed by atoms with Crippen LogP contribution in [0.25, 0.3) is 11.0 Å². The molecule has 0 aliphatic heterocycles. The molecule has 1 N–H and O–H groups in total. The van der Waals surface area contributed by atoms with E-state index in [0.717, 1.165) is 23.8 Å². The summed E-state index contributed by atoms with van der Waals surface area (Å²) < 4.78 is 10.4. The molecule has 1 aromatic heterocycles. The molecular formula is C17H18O5. The minimum Gasteiger partial charge on any atom is -0.459 e. The lowest BCUT2D eigenvalue weighted by Gasteiger charge is -2.20. The SMILES string of the molecule is Cc1ccc2c(COC(=O)C3(O)CCCC3)cc(=O)oc2c1. The highest BCUT2D eigenvalue weighted by Gasteiger charge is 2.40. The molecule has 5 nitrogen and oxygen atoms in total. The highest BCUT2D eigenvalue weighted by atomic mass is 16.5. The van der Waals surface area contributed by atoms with Crippen molar-refractivity contribution in [2.24, 2.45) is 0 Å². The summed E-state index contributed by atoms with van der Waals surface area (Å²) in [5.41, 5.74) is 0.180. The predicted molar refractivity (Wildman–Crippen MR) is 80.4 cm³/mol. The molecule has 1 aromatic carbocycles. The molecule has 0 spiro atoms. The first kappa shape index (κ1) is 14.8. The number of hydrogen-bond donors (Lipinski definition) is 1. The van der Waals surface area contributed by atoms with Crippen molar-refractivity contribution in [2.45, 2.75) is 44.8 Å².